The van der Waals surface area contributed by atoms with Gasteiger partial charge in [0.2, 0.25) is 0 Å². The number of hydrogen-bond acceptors (Lipinski definition) is 2. The van der Waals surface area contributed by atoms with Crippen LogP contribution < -0.4 is 10.6 Å². The minimum Gasteiger partial charge on any atom is -0.356 e. The van der Waals surface area contributed by atoms with Gasteiger partial charge in [-0.1, -0.05) is 33.8 Å². The molecule has 5 heteroatoms. The third-order valence-corrected chi connectivity index (χ3v) is 4.36. The molecule has 1 aromatic heterocycles. The summed E-state index contributed by atoms with van der Waals surface area (Å²) in [5.41, 5.74) is 0.129. The Balaban J connectivity index is 0.00000361. The van der Waals surface area contributed by atoms with Crippen molar-refractivity contribution in [1.29, 1.82) is 0 Å². The molecule has 0 spiro atoms. The van der Waals surface area contributed by atoms with Crippen LogP contribution in [0, 0.1) is 5.92 Å². The Bertz CT molecular complexity index is 386. The van der Waals surface area contributed by atoms with Gasteiger partial charge in [0.05, 0.1) is 0 Å². The van der Waals surface area contributed by atoms with Crippen LogP contribution in [0.1, 0.15) is 39.0 Å². The number of guanidine groups is 1. The zero-order valence-corrected chi connectivity index (χ0v) is 16.3. The second-order valence-corrected chi connectivity index (χ2v) is 6.84. The van der Waals surface area contributed by atoms with E-state index >= 15 is 0 Å². The average molecular weight is 409 g/mol. The number of thiophene rings is 1. The van der Waals surface area contributed by atoms with Crippen LogP contribution in [0.3, 0.4) is 0 Å². The number of aliphatic imine (C=N–C) groups is 1. The van der Waals surface area contributed by atoms with Crippen LogP contribution in [-0.4, -0.2) is 26.1 Å². The molecule has 20 heavy (non-hydrogen) atoms. The lowest BCUT2D eigenvalue weighted by atomic mass is 9.91. The van der Waals surface area contributed by atoms with E-state index in [1.54, 1.807) is 0 Å². The fourth-order valence-corrected chi connectivity index (χ4v) is 2.61. The van der Waals surface area contributed by atoms with Gasteiger partial charge in [0.15, 0.2) is 5.96 Å². The van der Waals surface area contributed by atoms with Gasteiger partial charge in [0.1, 0.15) is 0 Å². The summed E-state index contributed by atoms with van der Waals surface area (Å²) in [6.07, 6.45) is 1.16. The normalized spacial score (nSPS) is 12.2. The molecule has 0 aliphatic heterocycles. The molecule has 0 unspecified atom stereocenters. The van der Waals surface area contributed by atoms with Crippen molar-refractivity contribution >= 4 is 41.3 Å². The molecule has 0 saturated carbocycles. The lowest BCUT2D eigenvalue weighted by Crippen LogP contribution is -2.43. The molecule has 1 rings (SSSR count). The van der Waals surface area contributed by atoms with Crippen molar-refractivity contribution in [2.45, 2.75) is 39.5 Å². The number of nitrogens with one attached hydrogen (secondary N) is 2. The van der Waals surface area contributed by atoms with E-state index in [4.69, 9.17) is 0 Å². The van der Waals surface area contributed by atoms with Crippen LogP contribution in [0.5, 0.6) is 0 Å². The van der Waals surface area contributed by atoms with Crippen LogP contribution in [0.15, 0.2) is 22.5 Å². The maximum absolute atomic E-state index is 4.27. The SMILES string of the molecule is CN=C(NCCC(C)C)NCC(C)(C)c1cccs1.I. The van der Waals surface area contributed by atoms with E-state index in [1.807, 2.05) is 18.4 Å². The third kappa shape index (κ3) is 6.92. The highest BCUT2D eigenvalue weighted by molar-refractivity contribution is 14.0. The maximum Gasteiger partial charge on any atom is 0.191 e. The van der Waals surface area contributed by atoms with Gasteiger partial charge in [-0.2, -0.15) is 0 Å². The van der Waals surface area contributed by atoms with Crippen molar-refractivity contribution in [3.05, 3.63) is 22.4 Å². The first-order valence-electron chi connectivity index (χ1n) is 6.94. The molecule has 2 N–H and O–H groups in total. The Hall–Kier alpha value is -0.300. The lowest BCUT2D eigenvalue weighted by Gasteiger charge is -2.25. The average Bonchev–Trinajstić information content (AvgIpc) is 2.87. The number of rotatable bonds is 6. The molecule has 0 fully saturated rings. The molecule has 0 saturated heterocycles. The Morgan fingerprint density at radius 3 is 2.55 bits per heavy atom. The van der Waals surface area contributed by atoms with E-state index in [-0.39, 0.29) is 29.4 Å². The summed E-state index contributed by atoms with van der Waals surface area (Å²) in [6, 6.07) is 4.30. The van der Waals surface area contributed by atoms with Crippen LogP contribution >= 0.6 is 35.3 Å². The number of nitrogens with zero attached hydrogens (tertiary/aromatic N) is 1. The van der Waals surface area contributed by atoms with E-state index < -0.39 is 0 Å². The van der Waals surface area contributed by atoms with E-state index in [9.17, 15) is 0 Å². The van der Waals surface area contributed by atoms with Gasteiger partial charge < -0.3 is 10.6 Å². The van der Waals surface area contributed by atoms with Gasteiger partial charge in [0.25, 0.3) is 0 Å². The molecule has 0 aromatic carbocycles. The summed E-state index contributed by atoms with van der Waals surface area (Å²) >= 11 is 1.81. The Morgan fingerprint density at radius 1 is 1.35 bits per heavy atom. The fourth-order valence-electron chi connectivity index (χ4n) is 1.76. The minimum absolute atomic E-state index is 0. The van der Waals surface area contributed by atoms with Crippen molar-refractivity contribution < 1.29 is 0 Å². The van der Waals surface area contributed by atoms with Crippen molar-refractivity contribution in [3.63, 3.8) is 0 Å². The molecule has 1 heterocycles. The second kappa shape index (κ2) is 9.60. The highest BCUT2D eigenvalue weighted by Crippen LogP contribution is 2.26. The summed E-state index contributed by atoms with van der Waals surface area (Å²) < 4.78 is 0. The first kappa shape index (κ1) is 19.7. The first-order chi connectivity index (χ1) is 8.95. The molecule has 3 nitrogen and oxygen atoms in total. The van der Waals surface area contributed by atoms with Crippen LogP contribution in [0.25, 0.3) is 0 Å². The molecule has 116 valence electrons. The van der Waals surface area contributed by atoms with Crippen molar-refractivity contribution in [2.24, 2.45) is 10.9 Å². The smallest absolute Gasteiger partial charge is 0.191 e. The molecule has 1 aromatic rings. The van der Waals surface area contributed by atoms with Gasteiger partial charge in [-0.3, -0.25) is 4.99 Å². The zero-order chi connectivity index (χ0) is 14.3. The topological polar surface area (TPSA) is 36.4 Å². The third-order valence-electron chi connectivity index (χ3n) is 3.12. The lowest BCUT2D eigenvalue weighted by molar-refractivity contribution is 0.514. The van der Waals surface area contributed by atoms with E-state index in [1.165, 1.54) is 4.88 Å². The fraction of sp³-hybridized carbons (Fsp3) is 0.667. The zero-order valence-electron chi connectivity index (χ0n) is 13.2. The molecule has 0 aliphatic rings. The molecule has 0 bridgehead atoms. The summed E-state index contributed by atoms with van der Waals surface area (Å²) in [6.45, 7) is 10.8. The van der Waals surface area contributed by atoms with Gasteiger partial charge in [0, 0.05) is 30.4 Å². The van der Waals surface area contributed by atoms with Crippen LogP contribution in [-0.2, 0) is 5.41 Å². The first-order valence-corrected chi connectivity index (χ1v) is 7.82. The van der Waals surface area contributed by atoms with E-state index in [0.29, 0.717) is 5.92 Å². The quantitative estimate of drug-likeness (QED) is 0.425. The summed E-state index contributed by atoms with van der Waals surface area (Å²) in [4.78, 5) is 5.67. The highest BCUT2D eigenvalue weighted by Gasteiger charge is 2.21. The number of hydrogen-bond donors (Lipinski definition) is 2. The summed E-state index contributed by atoms with van der Waals surface area (Å²) in [5, 5.41) is 8.91. The van der Waals surface area contributed by atoms with E-state index in [2.05, 4.69) is 60.8 Å². The minimum atomic E-state index is 0. The Morgan fingerprint density at radius 2 is 2.05 bits per heavy atom. The molecule has 0 aliphatic carbocycles. The van der Waals surface area contributed by atoms with Crippen LogP contribution in [0.2, 0.25) is 0 Å². The van der Waals surface area contributed by atoms with Gasteiger partial charge >= 0.3 is 0 Å². The van der Waals surface area contributed by atoms with E-state index in [0.717, 1.165) is 25.5 Å². The van der Waals surface area contributed by atoms with Gasteiger partial charge in [-0.15, -0.1) is 35.3 Å². The van der Waals surface area contributed by atoms with Crippen molar-refractivity contribution in [1.82, 2.24) is 10.6 Å². The maximum atomic E-state index is 4.27. The Labute approximate surface area is 144 Å². The van der Waals surface area contributed by atoms with Gasteiger partial charge in [-0.05, 0) is 23.8 Å². The molecular formula is C15H28IN3S. The summed E-state index contributed by atoms with van der Waals surface area (Å²) in [5.74, 6) is 1.61. The highest BCUT2D eigenvalue weighted by atomic mass is 127. The Kier molecular flexibility index (Phi) is 9.46. The molecular weight excluding hydrogens is 381 g/mol. The predicted octanol–water partition coefficient (Wildman–Crippen LogP) is 3.85. The largest absolute Gasteiger partial charge is 0.356 e. The molecule has 0 atom stereocenters. The van der Waals surface area contributed by atoms with Crippen LogP contribution in [0.4, 0.5) is 0 Å². The van der Waals surface area contributed by atoms with Crippen molar-refractivity contribution in [2.75, 3.05) is 20.1 Å². The van der Waals surface area contributed by atoms with Crippen molar-refractivity contribution in [3.8, 4) is 0 Å². The molecule has 0 radical (unpaired) electrons. The monoisotopic (exact) mass is 409 g/mol. The predicted molar refractivity (Wildman–Crippen MR) is 102 cm³/mol. The standard InChI is InChI=1S/C15H27N3S.HI/c1-12(2)8-9-17-14(16-5)18-11-15(3,4)13-7-6-10-19-13;/h6-7,10,12H,8-9,11H2,1-5H3,(H2,16,17,18);1H. The molecule has 0 amide bonds. The second-order valence-electron chi connectivity index (χ2n) is 5.90. The summed E-state index contributed by atoms with van der Waals surface area (Å²) in [7, 11) is 1.82. The number of halogens is 1. The van der Waals surface area contributed by atoms with Gasteiger partial charge in [-0.25, -0.2) is 0 Å².